The summed E-state index contributed by atoms with van der Waals surface area (Å²) in [6, 6.07) is -22.9. The molecule has 8 aliphatic rings. The van der Waals surface area contributed by atoms with Crippen molar-refractivity contribution in [3.63, 3.8) is 0 Å². The molecule has 8 heterocycles. The second-order valence-electron chi connectivity index (χ2n) is 30.0. The van der Waals surface area contributed by atoms with E-state index in [1.165, 1.54) is 13.8 Å². The average Bonchev–Trinajstić information content (AvgIpc) is 0.669. The molecule has 24 heteroatoms. The van der Waals surface area contributed by atoms with E-state index in [2.05, 4.69) is 0 Å². The Balaban J connectivity index is 0.000000263. The Hall–Kier alpha value is -7.16. The predicted molar refractivity (Wildman–Crippen MR) is 471 cm³/mol. The van der Waals surface area contributed by atoms with Gasteiger partial charge in [-0.25, -0.2) is 0 Å². The fraction of sp³-hybridized carbons (Fsp3) is 0.708. The molecule has 0 aliphatic carbocycles. The smallest absolute Gasteiger partial charge is 0.323 e. The van der Waals surface area contributed by atoms with Crippen LogP contribution >= 0.6 is 0 Å². The van der Waals surface area contributed by atoms with Gasteiger partial charge < -0.3 is 79.8 Å². The van der Waals surface area contributed by atoms with Gasteiger partial charge in [0.25, 0.3) is 0 Å². The Labute approximate surface area is 804 Å². The van der Waals surface area contributed by atoms with Crippen molar-refractivity contribution in [1.29, 1.82) is 0 Å². The van der Waals surface area contributed by atoms with E-state index < -0.39 is 477 Å². The lowest BCUT2D eigenvalue weighted by Crippen LogP contribution is -2.51. The highest BCUT2D eigenvalue weighted by Gasteiger charge is 2.47. The fourth-order valence-corrected chi connectivity index (χ4v) is 13.1. The minimum atomic E-state index is -3.41. The molecule has 0 saturated carbocycles. The normalized spacial score (nSPS) is 43.0. The summed E-state index contributed by atoms with van der Waals surface area (Å²) in [6.45, 7) is -15.3. The van der Waals surface area contributed by atoms with E-state index in [1.54, 1.807) is 41.5 Å². The largest absolute Gasteiger partial charge is 0.493 e. The number of benzene rings is 4. The Morgan fingerprint density at radius 1 is 0.375 bits per heavy atom. The highest BCUT2D eigenvalue weighted by atomic mass is 16.6. The molecule has 24 nitrogen and oxygen atoms in total. The van der Waals surface area contributed by atoms with Crippen LogP contribution in [0.15, 0.2) is 48.3 Å². The summed E-state index contributed by atoms with van der Waals surface area (Å²) >= 11 is 0. The summed E-state index contributed by atoms with van der Waals surface area (Å²) in [5.74, 6) is -32.1. The first kappa shape index (κ1) is 42.7. The third kappa shape index (κ3) is 23.8. The molecule has 0 spiro atoms. The van der Waals surface area contributed by atoms with E-state index in [4.69, 9.17) is 154 Å². The van der Waals surface area contributed by atoms with Gasteiger partial charge in [0.2, 0.25) is 0 Å². The topological polar surface area (TPSA) is 296 Å². The zero-order chi connectivity index (χ0) is 142. The number of nitrogens with zero attached hydrogens (tertiary/aromatic N) is 4. The van der Waals surface area contributed by atoms with Crippen molar-refractivity contribution >= 4 is 23.9 Å². The number of carbonyl (C=O) groups is 4. The summed E-state index contributed by atoms with van der Waals surface area (Å²) in [6.07, 6.45) is -41.0. The van der Waals surface area contributed by atoms with Crippen molar-refractivity contribution in [1.82, 2.24) is 19.6 Å². The maximum Gasteiger partial charge on any atom is 0.323 e. The van der Waals surface area contributed by atoms with Crippen LogP contribution in [0.2, 0.25) is 0 Å². The highest BCUT2D eigenvalue weighted by Crippen LogP contribution is 2.50. The van der Waals surface area contributed by atoms with Crippen LogP contribution in [0.4, 0.5) is 0 Å². The van der Waals surface area contributed by atoms with Gasteiger partial charge in [0, 0.05) is 180 Å². The zero-order valence-electron chi connectivity index (χ0n) is 131. The molecule has 0 bridgehead atoms. The van der Waals surface area contributed by atoms with Gasteiger partial charge in [-0.1, -0.05) is 110 Å². The lowest BCUT2D eigenvalue weighted by molar-refractivity contribution is -0.161. The number of nitrogens with two attached hydrogens (primary N) is 4. The summed E-state index contributed by atoms with van der Waals surface area (Å²) in [5.41, 5.74) is 17.7. The SMILES string of the molecule is [2H]c1c(OC)c(OC([2H])([2H])[2H])c([2H])c2c1C1([2H])CC(OC(=O)[C@@H](N)C(C)C)C(C([2H])([2H])C([2H])(C)C([2H])([2H])[2H])CN1C([2H])([2H])C2([2H])[2H].[2H]c1c(OC)c(OC([2H])([2H])[2H])c([2H])c2c1C1([2H])CC([2H])(OC(=O)[C@@H](N)C(C)C)C(C([2H])([2H])C([2H])(C)C([2H])([2H])[2H])CN1C([2H])([2H])C2([2H])[2H].[2H]c1c(OC)c(OC)c([2H])c2c1C1([2H])CC([2H])(OC(=O)[C@@H](N)C(C)C)C(C([2H])([2H])C([2H])(C)C([2H])([2H])[2H])CN1C([2H])([2H])C2([2H])[2H].[2H]c1c(OC)c(OC)c([2H])c2c1C1([2H])CC([2H])(OC(=O)[C@@H](N)C(C)C)C(C([2H])([2H])C([2H])(C)C([2H])([2H])[2H])CN1C([2H])([2H])C2([2H])[2H]. The molecule has 4 fully saturated rings. The third-order valence-electron chi connectivity index (χ3n) is 19.9. The van der Waals surface area contributed by atoms with Crippen LogP contribution in [-0.2, 0) is 63.6 Å². The molecular weight excluding hydrogens is 1520 g/mol. The zero-order valence-corrected chi connectivity index (χ0v) is 70.3. The molecular formula is C96H152N8O16. The molecule has 672 valence electrons. The first-order valence-corrected chi connectivity index (χ1v) is 38.3. The Bertz CT molecular complexity index is 6840. The van der Waals surface area contributed by atoms with E-state index in [0.29, 0.717) is 19.6 Å². The van der Waals surface area contributed by atoms with Gasteiger partial charge in [-0.2, -0.15) is 0 Å². The van der Waals surface area contributed by atoms with Crippen LogP contribution in [0.3, 0.4) is 0 Å². The lowest BCUT2D eigenvalue weighted by atomic mass is 9.79. The molecule has 20 atom stereocenters. The summed E-state index contributed by atoms with van der Waals surface area (Å²) in [7, 11) is 0.0280. The standard InChI is InChI=1S/4C24H38N2O4/c4*1-14(2)9-17-13-26-8-7-16-10-21(28-5)22(29-6)11-18(16)19(26)12-20(17)30-24(27)23(25)15(3)4/h4*10-11,14-15,17,19-20,23H,7-9,12-13,25H2,1-6H3/t4*17?,19?,20?,23-/m0000/s1/i1D3,5D3,7D2,8D2,9D2,10D,11D,14D,19D,20D;2*1D3,7D2,8D2,9D2,10D,11D,14D,19D,20D;1D3,5D3,7D2,8D2,9D2,10D,11D,14D,19D/t4*14?,17?,19?,20?,23-. The maximum absolute atomic E-state index is 13.2. The van der Waals surface area contributed by atoms with Gasteiger partial charge >= 0.3 is 23.9 Å². The van der Waals surface area contributed by atoms with Gasteiger partial charge in [-0.15, -0.1) is 0 Å². The van der Waals surface area contributed by atoms with Crippen LogP contribution in [0.25, 0.3) is 0 Å². The molecule has 8 aliphatic heterocycles. The van der Waals surface area contributed by atoms with Crippen LogP contribution < -0.4 is 60.8 Å². The molecule has 4 saturated heterocycles. The first-order chi connectivity index (χ1) is 80.5. The molecule has 0 amide bonds. The van der Waals surface area contributed by atoms with Crippen molar-refractivity contribution in [2.45, 2.75) is 260 Å². The van der Waals surface area contributed by atoms with Crippen molar-refractivity contribution in [3.8, 4) is 46.0 Å². The van der Waals surface area contributed by atoms with Gasteiger partial charge in [-0.05, 0) is 191 Å². The summed E-state index contributed by atoms with van der Waals surface area (Å²) in [5, 5.41) is 0. The van der Waals surface area contributed by atoms with Crippen LogP contribution in [-0.4, -0.2) is 201 Å². The number of rotatable bonds is 28. The second-order valence-corrected chi connectivity index (χ2v) is 30.0. The Kier molecular flexibility index (Phi) is 15.6. The van der Waals surface area contributed by atoms with Crippen molar-refractivity contribution in [2.24, 2.45) is 93.9 Å². The minimum Gasteiger partial charge on any atom is -0.493 e. The van der Waals surface area contributed by atoms with Crippen molar-refractivity contribution < 1.29 is 160 Å². The monoisotopic (exact) mass is 1730 g/mol. The first-order valence-electron chi connectivity index (χ1n) is 68.8. The van der Waals surface area contributed by atoms with Crippen LogP contribution in [0.5, 0.6) is 46.0 Å². The van der Waals surface area contributed by atoms with Gasteiger partial charge in [0.15, 0.2) is 46.0 Å². The highest BCUT2D eigenvalue weighted by molar-refractivity contribution is 5.77. The molecule has 4 aromatic carbocycles. The number of fused-ring (bicyclic) bond motifs is 12. The van der Waals surface area contributed by atoms with E-state index in [1.807, 2.05) is 0 Å². The van der Waals surface area contributed by atoms with E-state index in [9.17, 15) is 28.8 Å². The molecule has 8 N–H and O–H groups in total. The summed E-state index contributed by atoms with van der Waals surface area (Å²) in [4.78, 5) is 54.7. The summed E-state index contributed by atoms with van der Waals surface area (Å²) < 4.78 is 586. The number of esters is 4. The third-order valence-corrected chi connectivity index (χ3v) is 19.9. The molecule has 16 unspecified atom stereocenters. The van der Waals surface area contributed by atoms with E-state index in [-0.39, 0.29) is 0 Å². The van der Waals surface area contributed by atoms with E-state index in [0.717, 1.165) is 70.4 Å². The number of piperidine rings is 4. The number of hydrogen-bond donors (Lipinski definition) is 4. The van der Waals surface area contributed by atoms with Crippen molar-refractivity contribution in [3.05, 3.63) is 92.8 Å². The molecule has 0 aromatic heterocycles. The molecule has 0 radical (unpaired) electrons. The van der Waals surface area contributed by atoms with E-state index >= 15 is 0 Å². The average molecular weight is 1740 g/mol. The quantitative estimate of drug-likeness (QED) is 0.0303. The molecule has 120 heavy (non-hydrogen) atoms. The number of ether oxygens (including phenoxy) is 12. The second kappa shape index (κ2) is 43.9. The van der Waals surface area contributed by atoms with Crippen LogP contribution in [0.1, 0.15) is 314 Å². The number of carbonyl (C=O) groups excluding carboxylic acids is 4. The fourth-order valence-electron chi connectivity index (χ4n) is 13.1. The van der Waals surface area contributed by atoms with Gasteiger partial charge in [-0.3, -0.25) is 38.8 Å². The molecule has 12 rings (SSSR count). The lowest BCUT2D eigenvalue weighted by Gasteiger charge is -2.47. The minimum absolute atomic E-state index is 0.394. The predicted octanol–water partition coefficient (Wildman–Crippen LogP) is 14.3. The molecule has 4 aromatic rings. The van der Waals surface area contributed by atoms with Gasteiger partial charge in [0.1, 0.15) is 48.5 Å². The Morgan fingerprint density at radius 2 is 0.600 bits per heavy atom. The Morgan fingerprint density at radius 3 is 0.842 bits per heavy atom. The van der Waals surface area contributed by atoms with Crippen molar-refractivity contribution in [2.75, 3.05) is 109 Å². The number of methoxy groups -OCH3 is 8. The number of hydrogen-bond acceptors (Lipinski definition) is 24. The van der Waals surface area contributed by atoms with Crippen LogP contribution in [0, 0.1) is 70.9 Å². The van der Waals surface area contributed by atoms with Gasteiger partial charge in [0.05, 0.1) is 85.5 Å². The maximum atomic E-state index is 13.2.